The van der Waals surface area contributed by atoms with Crippen LogP contribution in [0, 0.1) is 0 Å². The van der Waals surface area contributed by atoms with Crippen LogP contribution in [-0.4, -0.2) is 56.0 Å². The van der Waals surface area contributed by atoms with Crippen molar-refractivity contribution in [2.45, 2.75) is 30.3 Å². The highest BCUT2D eigenvalue weighted by molar-refractivity contribution is 7.90. The average Bonchev–Trinajstić information content (AvgIpc) is 3.39. The summed E-state index contributed by atoms with van der Waals surface area (Å²) >= 11 is 0. The third kappa shape index (κ3) is 4.72. The molecule has 2 aliphatic heterocycles. The number of hydrogen-bond donors (Lipinski definition) is 3. The molecule has 0 radical (unpaired) electrons. The van der Waals surface area contributed by atoms with Gasteiger partial charge in [0.2, 0.25) is 11.8 Å². The maximum atomic E-state index is 12.9. The minimum absolute atomic E-state index is 0.158. The largest absolute Gasteiger partial charge is 0.368 e. The second-order valence-electron chi connectivity index (χ2n) is 7.80. The predicted molar refractivity (Wildman–Crippen MR) is 120 cm³/mol. The molecular weight excluding hydrogens is 446 g/mol. The Morgan fingerprint density at radius 2 is 1.79 bits per heavy atom. The van der Waals surface area contributed by atoms with Gasteiger partial charge in [0, 0.05) is 24.2 Å². The zero-order valence-corrected chi connectivity index (χ0v) is 18.5. The molecule has 4 rings (SSSR count). The molecule has 0 aliphatic carbocycles. The van der Waals surface area contributed by atoms with Gasteiger partial charge in [-0.05, 0) is 42.7 Å². The number of rotatable bonds is 6. The van der Waals surface area contributed by atoms with E-state index in [0.29, 0.717) is 29.9 Å². The summed E-state index contributed by atoms with van der Waals surface area (Å²) in [5, 5.41) is 5.29. The fourth-order valence-corrected chi connectivity index (χ4v) is 5.16. The van der Waals surface area contributed by atoms with Gasteiger partial charge in [-0.2, -0.15) is 8.42 Å². The van der Waals surface area contributed by atoms with Gasteiger partial charge in [-0.15, -0.1) is 4.40 Å². The van der Waals surface area contributed by atoms with Crippen molar-refractivity contribution in [2.24, 2.45) is 10.1 Å². The van der Waals surface area contributed by atoms with E-state index in [4.69, 9.17) is 5.73 Å². The smallest absolute Gasteiger partial charge is 0.285 e. The van der Waals surface area contributed by atoms with E-state index in [2.05, 4.69) is 15.0 Å². The van der Waals surface area contributed by atoms with Crippen LogP contribution in [-0.2, 0) is 26.2 Å². The first-order chi connectivity index (χ1) is 15.8. The van der Waals surface area contributed by atoms with E-state index in [1.807, 2.05) is 0 Å². The third-order valence-corrected chi connectivity index (χ3v) is 6.87. The van der Waals surface area contributed by atoms with Gasteiger partial charge in [-0.1, -0.05) is 24.3 Å². The van der Waals surface area contributed by atoms with Crippen molar-refractivity contribution < 1.29 is 22.8 Å². The quantitative estimate of drug-likeness (QED) is 0.547. The molecule has 0 bridgehead atoms. The van der Waals surface area contributed by atoms with E-state index >= 15 is 0 Å². The molecule has 4 N–H and O–H groups in total. The molecule has 0 spiro atoms. The summed E-state index contributed by atoms with van der Waals surface area (Å²) in [6, 6.07) is 12.7. The highest BCUT2D eigenvalue weighted by Crippen LogP contribution is 2.31. The van der Waals surface area contributed by atoms with Crippen molar-refractivity contribution >= 4 is 33.6 Å². The summed E-state index contributed by atoms with van der Waals surface area (Å²) < 4.78 is 28.7. The van der Waals surface area contributed by atoms with Gasteiger partial charge in [0.25, 0.3) is 15.9 Å². The van der Waals surface area contributed by atoms with Crippen LogP contribution < -0.4 is 16.4 Å². The van der Waals surface area contributed by atoms with Crippen LogP contribution in [0.5, 0.6) is 0 Å². The number of likely N-dealkylation sites (tertiary alicyclic amines) is 1. The SMILES string of the molecule is NC(=O)CNC(=O)c1ccc(CNC(=O)[C@@H]2CCCN2C2=NS(=O)(=O)c3ccccc32)cc1. The summed E-state index contributed by atoms with van der Waals surface area (Å²) in [6.45, 7) is 0.537. The summed E-state index contributed by atoms with van der Waals surface area (Å²) in [4.78, 5) is 37.6. The Balaban J connectivity index is 1.40. The molecule has 1 saturated heterocycles. The first kappa shape index (κ1) is 22.5. The fraction of sp³-hybridized carbons (Fsp3) is 0.273. The summed E-state index contributed by atoms with van der Waals surface area (Å²) in [5.41, 5.74) is 6.68. The molecular formula is C22H23N5O5S. The number of amides is 3. The number of sulfonamides is 1. The van der Waals surface area contributed by atoms with Crippen LogP contribution in [0.1, 0.15) is 34.3 Å². The molecule has 1 atom stereocenters. The van der Waals surface area contributed by atoms with E-state index in [9.17, 15) is 22.8 Å². The Hall–Kier alpha value is -3.73. The molecule has 3 amide bonds. The normalized spacial score (nSPS) is 18.4. The monoisotopic (exact) mass is 469 g/mol. The Labute approximate surface area is 190 Å². The molecule has 10 nitrogen and oxygen atoms in total. The molecule has 0 aromatic heterocycles. The fourth-order valence-electron chi connectivity index (χ4n) is 3.94. The molecule has 11 heteroatoms. The standard InChI is InChI=1S/C22H23N5O5S/c23-19(28)13-25-21(29)15-9-7-14(8-10-15)12-24-22(30)17-5-3-11-27(17)20-16-4-1-2-6-18(16)33(31,32)26-20/h1-2,4,6-10,17H,3,5,11-13H2,(H2,23,28)(H,24,30)(H,25,29)/t17-/m0/s1. The summed E-state index contributed by atoms with van der Waals surface area (Å²) in [5.74, 6) is -0.957. The number of hydrogen-bond acceptors (Lipinski definition) is 6. The van der Waals surface area contributed by atoms with Crippen LogP contribution in [0.2, 0.25) is 0 Å². The first-order valence-corrected chi connectivity index (χ1v) is 11.8. The minimum Gasteiger partial charge on any atom is -0.368 e. The predicted octanol–water partition coefficient (Wildman–Crippen LogP) is 0.131. The van der Waals surface area contributed by atoms with Crippen molar-refractivity contribution in [3.63, 3.8) is 0 Å². The number of carbonyl (C=O) groups is 3. The highest BCUT2D eigenvalue weighted by Gasteiger charge is 2.39. The maximum Gasteiger partial charge on any atom is 0.285 e. The molecule has 1 fully saturated rings. The van der Waals surface area contributed by atoms with Crippen molar-refractivity contribution in [1.29, 1.82) is 0 Å². The van der Waals surface area contributed by atoms with Crippen LogP contribution in [0.4, 0.5) is 0 Å². The number of primary amides is 1. The van der Waals surface area contributed by atoms with Crippen LogP contribution in [0.3, 0.4) is 0 Å². The van der Waals surface area contributed by atoms with Crippen molar-refractivity contribution in [1.82, 2.24) is 15.5 Å². The zero-order valence-electron chi connectivity index (χ0n) is 17.7. The minimum atomic E-state index is -3.76. The number of fused-ring (bicyclic) bond motifs is 1. The topological polar surface area (TPSA) is 151 Å². The lowest BCUT2D eigenvalue weighted by Crippen LogP contribution is -2.45. The second-order valence-corrected chi connectivity index (χ2v) is 9.37. The lowest BCUT2D eigenvalue weighted by atomic mass is 10.1. The maximum absolute atomic E-state index is 12.9. The molecule has 2 heterocycles. The molecule has 0 unspecified atom stereocenters. The average molecular weight is 470 g/mol. The van der Waals surface area contributed by atoms with Gasteiger partial charge in [0.05, 0.1) is 6.54 Å². The molecule has 33 heavy (non-hydrogen) atoms. The number of amidine groups is 1. The number of nitrogens with zero attached hydrogens (tertiary/aromatic N) is 2. The zero-order chi connectivity index (χ0) is 23.6. The van der Waals surface area contributed by atoms with Gasteiger partial charge in [0.15, 0.2) is 5.84 Å². The lowest BCUT2D eigenvalue weighted by Gasteiger charge is -2.25. The van der Waals surface area contributed by atoms with Gasteiger partial charge in [-0.25, -0.2) is 0 Å². The molecule has 2 aromatic rings. The number of carbonyl (C=O) groups excluding carboxylic acids is 3. The van der Waals surface area contributed by atoms with Crippen LogP contribution in [0.15, 0.2) is 57.8 Å². The molecule has 0 saturated carbocycles. The van der Waals surface area contributed by atoms with Crippen molar-refractivity contribution in [2.75, 3.05) is 13.1 Å². The van der Waals surface area contributed by atoms with Gasteiger partial charge >= 0.3 is 0 Å². The van der Waals surface area contributed by atoms with Gasteiger partial charge < -0.3 is 21.3 Å². The number of benzene rings is 2. The number of nitrogens with one attached hydrogen (secondary N) is 2. The molecule has 172 valence electrons. The van der Waals surface area contributed by atoms with Crippen LogP contribution >= 0.6 is 0 Å². The molecule has 2 aromatic carbocycles. The van der Waals surface area contributed by atoms with E-state index in [-0.39, 0.29) is 23.9 Å². The molecule has 2 aliphatic rings. The van der Waals surface area contributed by atoms with E-state index < -0.39 is 27.9 Å². The first-order valence-electron chi connectivity index (χ1n) is 10.4. The van der Waals surface area contributed by atoms with Gasteiger partial charge in [0.1, 0.15) is 10.9 Å². The Bertz CT molecular complexity index is 1240. The Morgan fingerprint density at radius 3 is 2.52 bits per heavy atom. The third-order valence-electron chi connectivity index (χ3n) is 5.55. The van der Waals surface area contributed by atoms with Crippen molar-refractivity contribution in [3.8, 4) is 0 Å². The Kier molecular flexibility index (Phi) is 6.14. The van der Waals surface area contributed by atoms with E-state index in [0.717, 1.165) is 12.0 Å². The Morgan fingerprint density at radius 1 is 1.06 bits per heavy atom. The summed E-state index contributed by atoms with van der Waals surface area (Å²) in [6.07, 6.45) is 1.33. The van der Waals surface area contributed by atoms with E-state index in [1.54, 1.807) is 47.4 Å². The summed E-state index contributed by atoms with van der Waals surface area (Å²) in [7, 11) is -3.76. The highest BCUT2D eigenvalue weighted by atomic mass is 32.2. The lowest BCUT2D eigenvalue weighted by molar-refractivity contribution is -0.124. The van der Waals surface area contributed by atoms with Crippen LogP contribution in [0.25, 0.3) is 0 Å². The second kappa shape index (κ2) is 9.02. The van der Waals surface area contributed by atoms with E-state index in [1.165, 1.54) is 6.07 Å². The van der Waals surface area contributed by atoms with Crippen molar-refractivity contribution in [3.05, 3.63) is 65.2 Å². The van der Waals surface area contributed by atoms with Gasteiger partial charge in [-0.3, -0.25) is 14.4 Å². The number of nitrogens with two attached hydrogens (primary N) is 1.